The van der Waals surface area contributed by atoms with E-state index < -0.39 is 0 Å². The number of nitrogens with one attached hydrogen (secondary N) is 1. The first-order chi connectivity index (χ1) is 12.7. The molecule has 1 amide bonds. The van der Waals surface area contributed by atoms with Crippen molar-refractivity contribution in [2.75, 3.05) is 5.75 Å². The van der Waals surface area contributed by atoms with Crippen LogP contribution in [0.15, 0.2) is 22.6 Å². The quantitative estimate of drug-likeness (QED) is 0.356. The zero-order chi connectivity index (χ0) is 18.1. The molecular weight excluding hydrogens is 366 g/mol. The van der Waals surface area contributed by atoms with Crippen molar-refractivity contribution in [3.05, 3.63) is 33.4 Å². The predicted molar refractivity (Wildman–Crippen MR) is 107 cm³/mol. The van der Waals surface area contributed by atoms with E-state index in [0.717, 1.165) is 42.3 Å². The molecule has 0 saturated heterocycles. The number of thiophene rings is 1. The molecule has 1 saturated carbocycles. The molecule has 2 aromatic heterocycles. The van der Waals surface area contributed by atoms with E-state index in [1.54, 1.807) is 22.0 Å². The lowest BCUT2D eigenvalue weighted by Crippen LogP contribution is -2.28. The molecule has 2 aliphatic carbocycles. The Morgan fingerprint density at radius 3 is 2.92 bits per heavy atom. The third-order valence-electron chi connectivity index (χ3n) is 4.88. The molecule has 0 bridgehead atoms. The predicted octanol–water partition coefficient (Wildman–Crippen LogP) is 3.28. The Kier molecular flexibility index (Phi) is 5.18. The van der Waals surface area contributed by atoms with Crippen molar-refractivity contribution in [2.45, 2.75) is 62.7 Å². The number of aromatic nitrogens is 2. The van der Waals surface area contributed by atoms with Crippen molar-refractivity contribution in [3.63, 3.8) is 0 Å². The van der Waals surface area contributed by atoms with Crippen LogP contribution in [0.4, 0.5) is 0 Å². The molecular formula is C19H23N3O2S2. The van der Waals surface area contributed by atoms with E-state index in [2.05, 4.69) is 11.9 Å². The van der Waals surface area contributed by atoms with E-state index in [1.165, 1.54) is 35.0 Å². The second kappa shape index (κ2) is 7.56. The minimum absolute atomic E-state index is 0.0129. The van der Waals surface area contributed by atoms with Gasteiger partial charge in [-0.25, -0.2) is 4.98 Å². The Morgan fingerprint density at radius 1 is 1.35 bits per heavy atom. The average Bonchev–Trinajstić information content (AvgIpc) is 3.40. The summed E-state index contributed by atoms with van der Waals surface area (Å²) in [7, 11) is 0. The Balaban J connectivity index is 1.69. The molecule has 1 fully saturated rings. The van der Waals surface area contributed by atoms with Crippen molar-refractivity contribution in [1.29, 1.82) is 0 Å². The van der Waals surface area contributed by atoms with Crippen LogP contribution < -0.4 is 10.9 Å². The van der Waals surface area contributed by atoms with Crippen LogP contribution in [0.2, 0.25) is 0 Å². The molecule has 2 aliphatic rings. The Labute approximate surface area is 160 Å². The number of allylic oxidation sites excluding steroid dienone is 1. The summed E-state index contributed by atoms with van der Waals surface area (Å²) in [6, 6.07) is 0.349. The fourth-order valence-electron chi connectivity index (χ4n) is 3.42. The second-order valence-electron chi connectivity index (χ2n) is 6.97. The molecule has 4 rings (SSSR count). The molecule has 26 heavy (non-hydrogen) atoms. The van der Waals surface area contributed by atoms with Crippen molar-refractivity contribution in [1.82, 2.24) is 14.9 Å². The summed E-state index contributed by atoms with van der Waals surface area (Å²) in [6.07, 6.45) is 9.42. The molecule has 1 N–H and O–H groups in total. The molecule has 0 aliphatic heterocycles. The number of hydrogen-bond donors (Lipinski definition) is 1. The number of thioether (sulfide) groups is 1. The maximum Gasteiger partial charge on any atom is 0.263 e. The third-order valence-corrected chi connectivity index (χ3v) is 7.04. The molecule has 2 aromatic rings. The number of carbonyl (C=O) groups excluding carboxylic acids is 1. The standard InChI is InChI=1S/C19H23N3O2S2/c1-2-10-22-18(24)16-13-6-4-3-5-7-14(13)26-17(16)21-19(22)25-11-15(23)20-12-8-9-12/h2,12H,1,3-11H2,(H,20,23). The van der Waals surface area contributed by atoms with Crippen LogP contribution in [-0.2, 0) is 24.2 Å². The van der Waals surface area contributed by atoms with Crippen LogP contribution in [0.25, 0.3) is 10.2 Å². The van der Waals surface area contributed by atoms with E-state index in [0.29, 0.717) is 17.7 Å². The second-order valence-corrected chi connectivity index (χ2v) is 9.00. The SMILES string of the molecule is C=CCn1c(SCC(=O)NC2CC2)nc2sc3c(c2c1=O)CCCCC3. The van der Waals surface area contributed by atoms with E-state index in [1.807, 2.05) is 0 Å². The van der Waals surface area contributed by atoms with Gasteiger partial charge in [0.1, 0.15) is 4.83 Å². The van der Waals surface area contributed by atoms with Gasteiger partial charge >= 0.3 is 0 Å². The molecule has 138 valence electrons. The minimum atomic E-state index is 0.0129. The van der Waals surface area contributed by atoms with Gasteiger partial charge < -0.3 is 5.32 Å². The van der Waals surface area contributed by atoms with Gasteiger partial charge in [-0.2, -0.15) is 0 Å². The van der Waals surface area contributed by atoms with E-state index in [9.17, 15) is 9.59 Å². The average molecular weight is 390 g/mol. The van der Waals surface area contributed by atoms with Gasteiger partial charge in [-0.1, -0.05) is 24.3 Å². The summed E-state index contributed by atoms with van der Waals surface area (Å²) in [6.45, 7) is 4.19. The van der Waals surface area contributed by atoms with E-state index in [-0.39, 0.29) is 17.2 Å². The van der Waals surface area contributed by atoms with Crippen LogP contribution in [0.5, 0.6) is 0 Å². The number of hydrogen-bond acceptors (Lipinski definition) is 5. The number of rotatable bonds is 6. The molecule has 7 heteroatoms. The Bertz CT molecular complexity index is 912. The van der Waals surface area contributed by atoms with Crippen LogP contribution in [0.3, 0.4) is 0 Å². The monoisotopic (exact) mass is 389 g/mol. The normalized spacial score (nSPS) is 16.9. The highest BCUT2D eigenvalue weighted by Gasteiger charge is 2.24. The summed E-state index contributed by atoms with van der Waals surface area (Å²) in [4.78, 5) is 32.1. The van der Waals surface area contributed by atoms with Crippen molar-refractivity contribution in [2.24, 2.45) is 0 Å². The number of carbonyl (C=O) groups is 1. The van der Waals surface area contributed by atoms with Crippen molar-refractivity contribution >= 4 is 39.2 Å². The van der Waals surface area contributed by atoms with Crippen LogP contribution in [0.1, 0.15) is 42.5 Å². The molecule has 2 heterocycles. The zero-order valence-electron chi connectivity index (χ0n) is 14.8. The van der Waals surface area contributed by atoms with Crippen LogP contribution in [0, 0.1) is 0 Å². The van der Waals surface area contributed by atoms with E-state index in [4.69, 9.17) is 4.98 Å². The van der Waals surface area contributed by atoms with Gasteiger partial charge in [0, 0.05) is 17.5 Å². The molecule has 0 radical (unpaired) electrons. The number of amides is 1. The Hall–Kier alpha value is -1.60. The molecule has 5 nitrogen and oxygen atoms in total. The van der Waals surface area contributed by atoms with Gasteiger partial charge in [0.05, 0.1) is 11.1 Å². The topological polar surface area (TPSA) is 64.0 Å². The molecule has 0 aromatic carbocycles. The van der Waals surface area contributed by atoms with Gasteiger partial charge in [0.2, 0.25) is 5.91 Å². The maximum absolute atomic E-state index is 13.2. The fourth-order valence-corrected chi connectivity index (χ4v) is 5.55. The lowest BCUT2D eigenvalue weighted by molar-refractivity contribution is -0.118. The lowest BCUT2D eigenvalue weighted by Gasteiger charge is -2.10. The summed E-state index contributed by atoms with van der Waals surface area (Å²) in [5, 5.41) is 4.39. The largest absolute Gasteiger partial charge is 0.353 e. The van der Waals surface area contributed by atoms with Crippen molar-refractivity contribution < 1.29 is 4.79 Å². The van der Waals surface area contributed by atoms with Gasteiger partial charge in [-0.15, -0.1) is 17.9 Å². The summed E-state index contributed by atoms with van der Waals surface area (Å²) < 4.78 is 1.67. The lowest BCUT2D eigenvalue weighted by atomic mass is 10.1. The van der Waals surface area contributed by atoms with Crippen LogP contribution in [-0.4, -0.2) is 27.3 Å². The first-order valence-electron chi connectivity index (χ1n) is 9.25. The smallest absolute Gasteiger partial charge is 0.263 e. The number of fused-ring (bicyclic) bond motifs is 3. The van der Waals surface area contributed by atoms with Gasteiger partial charge in [0.15, 0.2) is 5.16 Å². The summed E-state index contributed by atoms with van der Waals surface area (Å²) in [5.41, 5.74) is 1.22. The Morgan fingerprint density at radius 2 is 2.15 bits per heavy atom. The van der Waals surface area contributed by atoms with Gasteiger partial charge in [-0.3, -0.25) is 14.2 Å². The number of aryl methyl sites for hydroxylation is 2. The number of nitrogens with zero attached hydrogens (tertiary/aromatic N) is 2. The summed E-state index contributed by atoms with van der Waals surface area (Å²) >= 11 is 3.00. The van der Waals surface area contributed by atoms with Gasteiger partial charge in [0.25, 0.3) is 5.56 Å². The highest BCUT2D eigenvalue weighted by molar-refractivity contribution is 7.99. The first-order valence-corrected chi connectivity index (χ1v) is 11.1. The third kappa shape index (κ3) is 3.60. The minimum Gasteiger partial charge on any atom is -0.353 e. The van der Waals surface area contributed by atoms with Gasteiger partial charge in [-0.05, 0) is 44.1 Å². The fraction of sp³-hybridized carbons (Fsp3) is 0.526. The van der Waals surface area contributed by atoms with Crippen LogP contribution >= 0.6 is 23.1 Å². The molecule has 0 spiro atoms. The highest BCUT2D eigenvalue weighted by Crippen LogP contribution is 2.34. The first kappa shape index (κ1) is 17.8. The zero-order valence-corrected chi connectivity index (χ0v) is 16.4. The van der Waals surface area contributed by atoms with E-state index >= 15 is 0 Å². The molecule has 0 atom stereocenters. The van der Waals surface area contributed by atoms with Crippen molar-refractivity contribution in [3.8, 4) is 0 Å². The highest BCUT2D eigenvalue weighted by atomic mass is 32.2. The molecule has 0 unspecified atom stereocenters. The summed E-state index contributed by atoms with van der Waals surface area (Å²) in [5.74, 6) is 0.301. The maximum atomic E-state index is 13.2.